The van der Waals surface area contributed by atoms with Gasteiger partial charge >= 0.3 is 5.97 Å². The summed E-state index contributed by atoms with van der Waals surface area (Å²) in [6.07, 6.45) is 2.42. The average Bonchev–Trinajstić information content (AvgIpc) is 2.50. The number of halogens is 1. The van der Waals surface area contributed by atoms with E-state index in [1.54, 1.807) is 0 Å². The van der Waals surface area contributed by atoms with Crippen LogP contribution in [0.4, 0.5) is 0 Å². The van der Waals surface area contributed by atoms with Gasteiger partial charge in [-0.25, -0.2) is 0 Å². The molecule has 3 aliphatic carbocycles. The smallest absolute Gasteiger partial charge is 0.310 e. The molecule has 6 atom stereocenters. The van der Waals surface area contributed by atoms with Gasteiger partial charge in [0.2, 0.25) is 0 Å². The van der Waals surface area contributed by atoms with Crippen molar-refractivity contribution in [3.8, 4) is 0 Å². The first kappa shape index (κ1) is 9.39. The summed E-state index contributed by atoms with van der Waals surface area (Å²) in [7, 11) is 0. The largest absolute Gasteiger partial charge is 0.461 e. The van der Waals surface area contributed by atoms with Gasteiger partial charge in [0.15, 0.2) is 0 Å². The van der Waals surface area contributed by atoms with E-state index in [4.69, 9.17) is 4.74 Å². The number of hydrogen-bond acceptors (Lipinski definition) is 3. The van der Waals surface area contributed by atoms with Gasteiger partial charge in [-0.1, -0.05) is 22.6 Å². The van der Waals surface area contributed by atoms with Gasteiger partial charge in [0.1, 0.15) is 6.10 Å². The van der Waals surface area contributed by atoms with Crippen molar-refractivity contribution >= 4 is 28.6 Å². The highest BCUT2D eigenvalue weighted by Gasteiger charge is 2.61. The van der Waals surface area contributed by atoms with E-state index in [0.29, 0.717) is 15.8 Å². The van der Waals surface area contributed by atoms with Crippen LogP contribution in [0.2, 0.25) is 0 Å². The molecule has 4 heteroatoms. The Hall–Kier alpha value is 0.160. The Labute approximate surface area is 96.3 Å². The molecule has 1 saturated heterocycles. The number of esters is 1. The number of hydrogen-bond donors (Lipinski definition) is 1. The zero-order valence-corrected chi connectivity index (χ0v) is 9.88. The highest BCUT2D eigenvalue weighted by Crippen LogP contribution is 2.56. The highest BCUT2D eigenvalue weighted by atomic mass is 127. The molecule has 0 amide bonds. The number of alkyl halides is 1. The van der Waals surface area contributed by atoms with Gasteiger partial charge in [-0.05, 0) is 24.7 Å². The third-order valence-corrected chi connectivity index (χ3v) is 5.82. The fourth-order valence-corrected chi connectivity index (χ4v) is 5.14. The van der Waals surface area contributed by atoms with E-state index in [-0.39, 0.29) is 30.5 Å². The fraction of sp³-hybridized carbons (Fsp3) is 0.900. The number of carbonyl (C=O) groups is 1. The second-order valence-electron chi connectivity index (χ2n) is 4.62. The zero-order valence-electron chi connectivity index (χ0n) is 7.73. The van der Waals surface area contributed by atoms with Crippen LogP contribution in [0.3, 0.4) is 0 Å². The van der Waals surface area contributed by atoms with Crippen LogP contribution >= 0.6 is 22.6 Å². The molecule has 3 saturated carbocycles. The summed E-state index contributed by atoms with van der Waals surface area (Å²) in [5.74, 6) is 1.01. The van der Waals surface area contributed by atoms with Gasteiger partial charge < -0.3 is 9.84 Å². The summed E-state index contributed by atoms with van der Waals surface area (Å²) in [4.78, 5) is 11.6. The highest BCUT2D eigenvalue weighted by molar-refractivity contribution is 14.1. The summed E-state index contributed by atoms with van der Waals surface area (Å²) < 4.78 is 5.83. The maximum atomic E-state index is 11.6. The minimum atomic E-state index is -0.0529. The van der Waals surface area contributed by atoms with Crippen molar-refractivity contribution in [3.05, 3.63) is 0 Å². The molecule has 0 aromatic carbocycles. The maximum absolute atomic E-state index is 11.6. The van der Waals surface area contributed by atoms with E-state index >= 15 is 0 Å². The third-order valence-electron chi connectivity index (χ3n) is 4.19. The molecule has 0 spiro atoms. The monoisotopic (exact) mass is 308 g/mol. The molecule has 1 N–H and O–H groups in total. The predicted molar refractivity (Wildman–Crippen MR) is 58.0 cm³/mol. The first-order valence-corrected chi connectivity index (χ1v) is 6.44. The molecule has 4 rings (SSSR count). The molecule has 0 aromatic heterocycles. The second kappa shape index (κ2) is 3.07. The number of aliphatic hydroxyl groups is 1. The van der Waals surface area contributed by atoms with Crippen molar-refractivity contribution < 1.29 is 14.6 Å². The number of rotatable bonds is 1. The van der Waals surface area contributed by atoms with Crippen LogP contribution in [0.25, 0.3) is 0 Å². The van der Waals surface area contributed by atoms with E-state index in [1.807, 2.05) is 0 Å². The SMILES string of the molecule is O=C1O[C@H]2[C@@H](I)[C@@H]3CC[C@H]2[C@@H]1[C@H]3CO. The number of aliphatic hydroxyl groups excluding tert-OH is 1. The summed E-state index contributed by atoms with van der Waals surface area (Å²) in [6.45, 7) is 0.146. The molecule has 1 aliphatic heterocycles. The Bertz CT molecular complexity index is 281. The minimum Gasteiger partial charge on any atom is -0.461 e. The molecular weight excluding hydrogens is 295 g/mol. The van der Waals surface area contributed by atoms with Gasteiger partial charge in [-0.15, -0.1) is 0 Å². The van der Waals surface area contributed by atoms with E-state index in [0.717, 1.165) is 12.8 Å². The number of fused-ring (bicyclic) bond motifs is 1. The molecular formula is C10H13IO3. The molecule has 0 unspecified atom stereocenters. The molecule has 14 heavy (non-hydrogen) atoms. The Morgan fingerprint density at radius 2 is 2.14 bits per heavy atom. The lowest BCUT2D eigenvalue weighted by atomic mass is 9.59. The quantitative estimate of drug-likeness (QED) is 0.446. The van der Waals surface area contributed by atoms with E-state index in [1.165, 1.54) is 0 Å². The molecule has 4 aliphatic rings. The van der Waals surface area contributed by atoms with Gasteiger partial charge in [-0.3, -0.25) is 4.79 Å². The first-order chi connectivity index (χ1) is 6.74. The predicted octanol–water partition coefficient (Wildman–Crippen LogP) is 0.980. The van der Waals surface area contributed by atoms with Crippen LogP contribution < -0.4 is 0 Å². The van der Waals surface area contributed by atoms with Crippen molar-refractivity contribution in [3.63, 3.8) is 0 Å². The Kier molecular flexibility index (Phi) is 2.06. The Morgan fingerprint density at radius 1 is 1.43 bits per heavy atom. The van der Waals surface area contributed by atoms with Crippen LogP contribution in [0.5, 0.6) is 0 Å². The number of carbonyl (C=O) groups excluding carboxylic acids is 1. The van der Waals surface area contributed by atoms with Crippen molar-refractivity contribution in [2.75, 3.05) is 6.61 Å². The zero-order chi connectivity index (χ0) is 9.87. The lowest BCUT2D eigenvalue weighted by Gasteiger charge is -2.47. The molecule has 3 nitrogen and oxygen atoms in total. The van der Waals surface area contributed by atoms with Gasteiger partial charge in [0, 0.05) is 12.5 Å². The molecule has 1 heterocycles. The van der Waals surface area contributed by atoms with Gasteiger partial charge in [-0.2, -0.15) is 0 Å². The van der Waals surface area contributed by atoms with Crippen LogP contribution in [-0.4, -0.2) is 27.7 Å². The van der Waals surface area contributed by atoms with Crippen LogP contribution in [0.15, 0.2) is 0 Å². The standard InChI is InChI=1S/C10H13IO3/c11-8-4-1-2-5-7(6(4)3-12)10(13)14-9(5)8/h4-9,12H,1-3H2/t4-,5+,6+,7-,8+,9-/m1/s1. The van der Waals surface area contributed by atoms with E-state index < -0.39 is 0 Å². The van der Waals surface area contributed by atoms with E-state index in [2.05, 4.69) is 22.6 Å². The van der Waals surface area contributed by atoms with Crippen molar-refractivity contribution in [2.45, 2.75) is 22.9 Å². The van der Waals surface area contributed by atoms with Crippen molar-refractivity contribution in [1.82, 2.24) is 0 Å². The normalized spacial score (nSPS) is 54.9. The lowest BCUT2D eigenvalue weighted by Crippen LogP contribution is -2.51. The second-order valence-corrected chi connectivity index (χ2v) is 6.06. The summed E-state index contributed by atoms with van der Waals surface area (Å²) in [5, 5.41) is 9.36. The summed E-state index contributed by atoms with van der Waals surface area (Å²) in [5.41, 5.74) is 0. The topological polar surface area (TPSA) is 46.5 Å². The molecule has 0 aromatic rings. The molecule has 4 fully saturated rings. The van der Waals surface area contributed by atoms with E-state index in [9.17, 15) is 9.90 Å². The third kappa shape index (κ3) is 0.988. The molecule has 78 valence electrons. The summed E-state index contributed by atoms with van der Waals surface area (Å²) >= 11 is 2.40. The Balaban J connectivity index is 2.01. The number of ether oxygens (including phenoxy) is 1. The molecule has 0 radical (unpaired) electrons. The van der Waals surface area contributed by atoms with Crippen molar-refractivity contribution in [1.29, 1.82) is 0 Å². The van der Waals surface area contributed by atoms with Crippen molar-refractivity contribution in [2.24, 2.45) is 23.7 Å². The van der Waals surface area contributed by atoms with Gasteiger partial charge in [0.05, 0.1) is 9.84 Å². The molecule has 4 bridgehead atoms. The summed E-state index contributed by atoms with van der Waals surface area (Å²) in [6, 6.07) is 0. The average molecular weight is 308 g/mol. The first-order valence-electron chi connectivity index (χ1n) is 5.19. The Morgan fingerprint density at radius 3 is 2.86 bits per heavy atom. The minimum absolute atomic E-state index is 0.00904. The van der Waals surface area contributed by atoms with Crippen LogP contribution in [0, 0.1) is 23.7 Å². The fourth-order valence-electron chi connectivity index (χ4n) is 3.57. The van der Waals surface area contributed by atoms with Crippen LogP contribution in [-0.2, 0) is 9.53 Å². The maximum Gasteiger partial charge on any atom is 0.310 e. The lowest BCUT2D eigenvalue weighted by molar-refractivity contribution is -0.144. The van der Waals surface area contributed by atoms with Crippen LogP contribution in [0.1, 0.15) is 12.8 Å². The van der Waals surface area contributed by atoms with Gasteiger partial charge in [0.25, 0.3) is 0 Å².